The van der Waals surface area contributed by atoms with Gasteiger partial charge in [0.05, 0.1) is 10.8 Å². The summed E-state index contributed by atoms with van der Waals surface area (Å²) in [6, 6.07) is 6.26. The predicted molar refractivity (Wildman–Crippen MR) is 95.7 cm³/mol. The fraction of sp³-hybridized carbons (Fsp3) is 0.529. The lowest BCUT2D eigenvalue weighted by atomic mass is 10.1. The molecule has 0 bridgehead atoms. The predicted octanol–water partition coefficient (Wildman–Crippen LogP) is 1.21. The molecule has 0 radical (unpaired) electrons. The molecule has 1 N–H and O–H groups in total. The van der Waals surface area contributed by atoms with Crippen LogP contribution in [0.2, 0.25) is 0 Å². The van der Waals surface area contributed by atoms with Gasteiger partial charge in [0.25, 0.3) is 0 Å². The van der Waals surface area contributed by atoms with Crippen LogP contribution >= 0.6 is 0 Å². The monoisotopic (exact) mass is 367 g/mol. The van der Waals surface area contributed by atoms with E-state index in [9.17, 15) is 18.0 Å². The van der Waals surface area contributed by atoms with Crippen LogP contribution in [0, 0.1) is 5.92 Å². The van der Waals surface area contributed by atoms with Gasteiger partial charge in [-0.25, -0.2) is 8.42 Å². The number of hydrogen-bond acceptors (Lipinski definition) is 4. The summed E-state index contributed by atoms with van der Waals surface area (Å²) < 4.78 is 26.4. The van der Waals surface area contributed by atoms with Gasteiger partial charge >= 0.3 is 0 Å². The molecule has 1 atom stereocenters. The molecule has 1 aromatic carbocycles. The van der Waals surface area contributed by atoms with Crippen molar-refractivity contribution in [1.29, 1.82) is 0 Å². The van der Waals surface area contributed by atoms with Gasteiger partial charge < -0.3 is 10.2 Å². The lowest BCUT2D eigenvalue weighted by Crippen LogP contribution is -2.32. The van der Waals surface area contributed by atoms with Crippen LogP contribution in [0.3, 0.4) is 0 Å². The summed E-state index contributed by atoms with van der Waals surface area (Å²) in [5.74, 6) is -0.624. The average molecular weight is 367 g/mol. The van der Waals surface area contributed by atoms with E-state index in [0.29, 0.717) is 31.9 Å². The fourth-order valence-electron chi connectivity index (χ4n) is 2.96. The van der Waals surface area contributed by atoms with E-state index in [-0.39, 0.29) is 29.0 Å². The van der Waals surface area contributed by atoms with Crippen molar-refractivity contribution in [1.82, 2.24) is 9.62 Å². The largest absolute Gasteiger partial charge is 0.356 e. The zero-order chi connectivity index (χ0) is 18.6. The Morgan fingerprint density at radius 2 is 1.80 bits per heavy atom. The number of sulfonamides is 1. The van der Waals surface area contributed by atoms with E-state index in [2.05, 4.69) is 5.32 Å². The van der Waals surface area contributed by atoms with Crippen LogP contribution in [0.4, 0.5) is 5.69 Å². The first-order valence-corrected chi connectivity index (χ1v) is 9.97. The van der Waals surface area contributed by atoms with E-state index in [1.165, 1.54) is 21.3 Å². The van der Waals surface area contributed by atoms with Crippen LogP contribution in [0.25, 0.3) is 0 Å². The summed E-state index contributed by atoms with van der Waals surface area (Å²) in [5.41, 5.74) is 0.607. The van der Waals surface area contributed by atoms with Crippen LogP contribution in [0.15, 0.2) is 29.2 Å². The van der Waals surface area contributed by atoms with Crippen molar-refractivity contribution in [3.05, 3.63) is 24.3 Å². The highest BCUT2D eigenvalue weighted by atomic mass is 32.2. The maximum Gasteiger partial charge on any atom is 0.243 e. The van der Waals surface area contributed by atoms with Crippen LogP contribution in [-0.2, 0) is 19.6 Å². The van der Waals surface area contributed by atoms with Gasteiger partial charge in [0.1, 0.15) is 0 Å². The highest BCUT2D eigenvalue weighted by Crippen LogP contribution is 2.27. The molecule has 138 valence electrons. The van der Waals surface area contributed by atoms with Crippen LogP contribution in [-0.4, -0.2) is 50.7 Å². The summed E-state index contributed by atoms with van der Waals surface area (Å²) in [5, 5.41) is 2.73. The van der Waals surface area contributed by atoms with Gasteiger partial charge in [-0.15, -0.1) is 0 Å². The molecule has 0 saturated carbocycles. The van der Waals surface area contributed by atoms with Crippen molar-refractivity contribution in [2.24, 2.45) is 5.92 Å². The van der Waals surface area contributed by atoms with Crippen LogP contribution in [0.1, 0.15) is 27.2 Å². The Morgan fingerprint density at radius 3 is 2.32 bits per heavy atom. The summed E-state index contributed by atoms with van der Waals surface area (Å²) >= 11 is 0. The van der Waals surface area contributed by atoms with Crippen molar-refractivity contribution in [3.63, 3.8) is 0 Å². The number of benzene rings is 1. The number of carbonyl (C=O) groups excluding carboxylic acids is 2. The maximum atomic E-state index is 12.5. The molecule has 2 amide bonds. The van der Waals surface area contributed by atoms with Crippen molar-refractivity contribution in [2.75, 3.05) is 31.1 Å². The molecular weight excluding hydrogens is 342 g/mol. The molecule has 1 saturated heterocycles. The number of nitrogens with one attached hydrogen (secondary N) is 1. The molecule has 0 aromatic heterocycles. The van der Waals surface area contributed by atoms with E-state index in [4.69, 9.17) is 0 Å². The second-order valence-electron chi connectivity index (χ2n) is 5.88. The Balaban J connectivity index is 2.18. The number of rotatable bonds is 7. The fourth-order valence-corrected chi connectivity index (χ4v) is 4.42. The Kier molecular flexibility index (Phi) is 6.18. The highest BCUT2D eigenvalue weighted by molar-refractivity contribution is 7.89. The number of hydrogen-bond donors (Lipinski definition) is 1. The van der Waals surface area contributed by atoms with Crippen molar-refractivity contribution in [2.45, 2.75) is 32.1 Å². The van der Waals surface area contributed by atoms with E-state index in [1.807, 2.05) is 6.92 Å². The minimum atomic E-state index is -3.52. The number of carbonyl (C=O) groups is 2. The first kappa shape index (κ1) is 19.4. The average Bonchev–Trinajstić information content (AvgIpc) is 2.98. The van der Waals surface area contributed by atoms with Gasteiger partial charge in [-0.3, -0.25) is 9.59 Å². The van der Waals surface area contributed by atoms with E-state index >= 15 is 0 Å². The third-order valence-electron chi connectivity index (χ3n) is 4.34. The molecule has 7 nitrogen and oxygen atoms in total. The Hall–Kier alpha value is -1.93. The number of anilines is 1. The Bertz CT molecular complexity index is 727. The zero-order valence-electron chi connectivity index (χ0n) is 14.9. The van der Waals surface area contributed by atoms with E-state index in [1.54, 1.807) is 26.0 Å². The van der Waals surface area contributed by atoms with E-state index in [0.717, 1.165) is 0 Å². The molecule has 25 heavy (non-hydrogen) atoms. The molecule has 1 fully saturated rings. The maximum absolute atomic E-state index is 12.5. The molecular formula is C17H25N3O4S. The second-order valence-corrected chi connectivity index (χ2v) is 7.82. The van der Waals surface area contributed by atoms with Gasteiger partial charge in [-0.05, 0) is 31.2 Å². The summed E-state index contributed by atoms with van der Waals surface area (Å²) in [6.07, 6.45) is 0.172. The first-order valence-electron chi connectivity index (χ1n) is 8.53. The van der Waals surface area contributed by atoms with Gasteiger partial charge in [0, 0.05) is 38.3 Å². The summed E-state index contributed by atoms with van der Waals surface area (Å²) in [4.78, 5) is 25.9. The quantitative estimate of drug-likeness (QED) is 0.785. The van der Waals surface area contributed by atoms with Gasteiger partial charge in [0.2, 0.25) is 21.8 Å². The highest BCUT2D eigenvalue weighted by Gasteiger charge is 2.35. The molecule has 1 heterocycles. The molecule has 0 spiro atoms. The molecule has 2 rings (SSSR count). The molecule has 0 unspecified atom stereocenters. The van der Waals surface area contributed by atoms with Crippen LogP contribution < -0.4 is 10.2 Å². The SMILES string of the molecule is CCNC(=O)[C@H]1CC(=O)N(c2ccc(S(=O)(=O)N(CC)CC)cc2)C1. The van der Waals surface area contributed by atoms with Crippen LogP contribution in [0.5, 0.6) is 0 Å². The third-order valence-corrected chi connectivity index (χ3v) is 6.40. The lowest BCUT2D eigenvalue weighted by molar-refractivity contribution is -0.126. The number of nitrogens with zero attached hydrogens (tertiary/aromatic N) is 2. The summed E-state index contributed by atoms with van der Waals surface area (Å²) in [7, 11) is -3.52. The first-order chi connectivity index (χ1) is 11.8. The molecule has 1 aliphatic rings. The molecule has 1 aromatic rings. The third kappa shape index (κ3) is 4.01. The molecule has 1 aliphatic heterocycles. The van der Waals surface area contributed by atoms with Gasteiger partial charge in [-0.2, -0.15) is 4.31 Å². The van der Waals surface area contributed by atoms with Gasteiger partial charge in [0.15, 0.2) is 0 Å². The number of amides is 2. The topological polar surface area (TPSA) is 86.8 Å². The van der Waals surface area contributed by atoms with Gasteiger partial charge in [-0.1, -0.05) is 13.8 Å². The Morgan fingerprint density at radius 1 is 1.20 bits per heavy atom. The van der Waals surface area contributed by atoms with Crippen molar-refractivity contribution >= 4 is 27.5 Å². The smallest absolute Gasteiger partial charge is 0.243 e. The van der Waals surface area contributed by atoms with E-state index < -0.39 is 10.0 Å². The Labute approximate surface area is 149 Å². The van der Waals surface area contributed by atoms with Crippen molar-refractivity contribution < 1.29 is 18.0 Å². The summed E-state index contributed by atoms with van der Waals surface area (Å²) in [6.45, 7) is 7.06. The molecule has 8 heteroatoms. The lowest BCUT2D eigenvalue weighted by Gasteiger charge is -2.20. The zero-order valence-corrected chi connectivity index (χ0v) is 15.7. The minimum absolute atomic E-state index is 0.126. The molecule has 0 aliphatic carbocycles. The van der Waals surface area contributed by atoms with Crippen molar-refractivity contribution in [3.8, 4) is 0 Å². The second kappa shape index (κ2) is 7.97. The standard InChI is InChI=1S/C17H25N3O4S/c1-4-18-17(22)13-11-16(21)20(12-13)14-7-9-15(10-8-14)25(23,24)19(5-2)6-3/h7-10,13H,4-6,11-12H2,1-3H3,(H,18,22)/t13-/m0/s1. The normalized spacial score (nSPS) is 18.0. The minimum Gasteiger partial charge on any atom is -0.356 e.